The lowest BCUT2D eigenvalue weighted by molar-refractivity contribution is -0.137. The van der Waals surface area contributed by atoms with E-state index in [-0.39, 0.29) is 23.3 Å². The Morgan fingerprint density at radius 2 is 1.90 bits per heavy atom. The quantitative estimate of drug-likeness (QED) is 0.585. The van der Waals surface area contributed by atoms with Gasteiger partial charge in [-0.3, -0.25) is 0 Å². The number of benzene rings is 2. The van der Waals surface area contributed by atoms with Crippen LogP contribution in [0.2, 0.25) is 0 Å². The average molecular weight is 430 g/mol. The zero-order chi connectivity index (χ0) is 21.8. The highest BCUT2D eigenvalue weighted by Crippen LogP contribution is 2.32. The van der Waals surface area contributed by atoms with Crippen molar-refractivity contribution in [1.82, 2.24) is 20.4 Å². The van der Waals surface area contributed by atoms with Gasteiger partial charge < -0.3 is 14.7 Å². The van der Waals surface area contributed by atoms with Crippen LogP contribution in [0.1, 0.15) is 29.4 Å². The summed E-state index contributed by atoms with van der Waals surface area (Å²) in [4.78, 5) is 18.1. The minimum absolute atomic E-state index is 0.102. The molecule has 0 radical (unpaired) electrons. The fourth-order valence-electron chi connectivity index (χ4n) is 3.40. The topological polar surface area (TPSA) is 71.3 Å². The third kappa shape index (κ3) is 5.04. The molecule has 0 unspecified atom stereocenters. The van der Waals surface area contributed by atoms with E-state index in [1.165, 1.54) is 17.7 Å². The van der Waals surface area contributed by atoms with E-state index in [2.05, 4.69) is 27.6 Å². The standard InChI is InChI=1S/C22H21F3N4O2/c23-22(24,25)18-10-4-9-16(12-18)19-27-20(31-28-19)17-13-29(14-17)21(30)26-11-5-8-15-6-2-1-3-7-15/h1-4,6-7,9-10,12,17H,5,8,11,13-14H2,(H,26,30). The molecule has 9 heteroatoms. The molecule has 1 N–H and O–H groups in total. The van der Waals surface area contributed by atoms with Crippen molar-refractivity contribution in [1.29, 1.82) is 0 Å². The molecular weight excluding hydrogens is 409 g/mol. The number of carbonyl (C=O) groups excluding carboxylic acids is 1. The van der Waals surface area contributed by atoms with E-state index in [0.29, 0.717) is 25.5 Å². The fraction of sp³-hybridized carbons (Fsp3) is 0.318. The lowest BCUT2D eigenvalue weighted by Gasteiger charge is -2.36. The third-order valence-electron chi connectivity index (χ3n) is 5.17. The van der Waals surface area contributed by atoms with Crippen molar-refractivity contribution < 1.29 is 22.5 Å². The van der Waals surface area contributed by atoms with Gasteiger partial charge in [0.15, 0.2) is 0 Å². The zero-order valence-corrected chi connectivity index (χ0v) is 16.6. The molecule has 0 bridgehead atoms. The highest BCUT2D eigenvalue weighted by Gasteiger charge is 2.36. The third-order valence-corrected chi connectivity index (χ3v) is 5.17. The summed E-state index contributed by atoms with van der Waals surface area (Å²) in [6, 6.07) is 14.7. The summed E-state index contributed by atoms with van der Waals surface area (Å²) in [6.07, 6.45) is -2.70. The number of aromatic nitrogens is 2. The minimum Gasteiger partial charge on any atom is -0.339 e. The van der Waals surface area contributed by atoms with Crippen LogP contribution < -0.4 is 5.32 Å². The van der Waals surface area contributed by atoms with E-state index in [9.17, 15) is 18.0 Å². The van der Waals surface area contributed by atoms with Gasteiger partial charge in [0, 0.05) is 25.2 Å². The smallest absolute Gasteiger partial charge is 0.339 e. The molecule has 162 valence electrons. The van der Waals surface area contributed by atoms with Crippen LogP contribution in [0.15, 0.2) is 59.1 Å². The molecule has 31 heavy (non-hydrogen) atoms. The molecule has 0 spiro atoms. The molecule has 0 saturated carbocycles. The number of carbonyl (C=O) groups is 1. The second kappa shape index (κ2) is 8.79. The fourth-order valence-corrected chi connectivity index (χ4v) is 3.40. The molecule has 0 atom stereocenters. The Labute approximate surface area is 177 Å². The summed E-state index contributed by atoms with van der Waals surface area (Å²) >= 11 is 0. The van der Waals surface area contributed by atoms with Gasteiger partial charge in [0.05, 0.1) is 11.5 Å². The predicted molar refractivity (Wildman–Crippen MR) is 107 cm³/mol. The van der Waals surface area contributed by atoms with Crippen molar-refractivity contribution >= 4 is 6.03 Å². The van der Waals surface area contributed by atoms with Crippen LogP contribution in [-0.2, 0) is 12.6 Å². The average Bonchev–Trinajstić information content (AvgIpc) is 3.20. The largest absolute Gasteiger partial charge is 0.416 e. The van der Waals surface area contributed by atoms with Crippen LogP contribution in [-0.4, -0.2) is 40.7 Å². The van der Waals surface area contributed by atoms with Gasteiger partial charge in [0.1, 0.15) is 0 Å². The van der Waals surface area contributed by atoms with E-state index in [1.54, 1.807) is 4.90 Å². The Morgan fingerprint density at radius 3 is 2.65 bits per heavy atom. The van der Waals surface area contributed by atoms with Gasteiger partial charge in [-0.1, -0.05) is 47.6 Å². The number of urea groups is 1. The molecule has 6 nitrogen and oxygen atoms in total. The monoisotopic (exact) mass is 430 g/mol. The number of amides is 2. The highest BCUT2D eigenvalue weighted by molar-refractivity contribution is 5.75. The Hall–Kier alpha value is -3.36. The van der Waals surface area contributed by atoms with Crippen LogP contribution in [0.3, 0.4) is 0 Å². The van der Waals surface area contributed by atoms with Gasteiger partial charge in [-0.05, 0) is 30.5 Å². The maximum Gasteiger partial charge on any atom is 0.416 e. The van der Waals surface area contributed by atoms with Crippen molar-refractivity contribution in [3.05, 3.63) is 71.6 Å². The van der Waals surface area contributed by atoms with Crippen molar-refractivity contribution in [2.75, 3.05) is 19.6 Å². The minimum atomic E-state index is -4.44. The Morgan fingerprint density at radius 1 is 1.13 bits per heavy atom. The molecule has 1 fully saturated rings. The molecule has 1 aromatic heterocycles. The van der Waals surface area contributed by atoms with Gasteiger partial charge >= 0.3 is 12.2 Å². The summed E-state index contributed by atoms with van der Waals surface area (Å²) in [5.41, 5.74) is 0.695. The Bertz CT molecular complexity index is 1030. The van der Waals surface area contributed by atoms with Crippen LogP contribution in [0, 0.1) is 0 Å². The summed E-state index contributed by atoms with van der Waals surface area (Å²) in [7, 11) is 0. The van der Waals surface area contributed by atoms with Crippen molar-refractivity contribution in [3.63, 3.8) is 0 Å². The number of hydrogen-bond donors (Lipinski definition) is 1. The summed E-state index contributed by atoms with van der Waals surface area (Å²) in [6.45, 7) is 1.43. The van der Waals surface area contributed by atoms with Gasteiger partial charge in [-0.15, -0.1) is 0 Å². The first-order chi connectivity index (χ1) is 14.9. The molecule has 1 aliphatic rings. The number of alkyl halides is 3. The molecule has 2 aromatic carbocycles. The van der Waals surface area contributed by atoms with E-state index in [4.69, 9.17) is 4.52 Å². The van der Waals surface area contributed by atoms with Crippen LogP contribution >= 0.6 is 0 Å². The number of rotatable bonds is 6. The van der Waals surface area contributed by atoms with Crippen molar-refractivity contribution in [2.45, 2.75) is 24.9 Å². The van der Waals surface area contributed by atoms with E-state index in [1.807, 2.05) is 18.2 Å². The first kappa shape index (κ1) is 20.9. The second-order valence-electron chi connectivity index (χ2n) is 7.46. The normalized spacial score (nSPS) is 14.4. The van der Waals surface area contributed by atoms with Crippen LogP contribution in [0.25, 0.3) is 11.4 Å². The van der Waals surface area contributed by atoms with Gasteiger partial charge in [-0.25, -0.2) is 4.79 Å². The van der Waals surface area contributed by atoms with Crippen LogP contribution in [0.4, 0.5) is 18.0 Å². The lowest BCUT2D eigenvalue weighted by Crippen LogP contribution is -2.52. The van der Waals surface area contributed by atoms with Crippen molar-refractivity contribution in [3.8, 4) is 11.4 Å². The first-order valence-electron chi connectivity index (χ1n) is 9.98. The maximum atomic E-state index is 12.9. The van der Waals surface area contributed by atoms with Gasteiger partial charge in [0.25, 0.3) is 0 Å². The Balaban J connectivity index is 1.25. The summed E-state index contributed by atoms with van der Waals surface area (Å²) in [5.74, 6) is 0.299. The number of hydrogen-bond acceptors (Lipinski definition) is 4. The SMILES string of the molecule is O=C(NCCCc1ccccc1)N1CC(c2nc(-c3cccc(C(F)(F)F)c3)no2)C1. The van der Waals surface area contributed by atoms with E-state index < -0.39 is 11.7 Å². The number of likely N-dealkylation sites (tertiary alicyclic amines) is 1. The van der Waals surface area contributed by atoms with E-state index in [0.717, 1.165) is 25.0 Å². The Kier molecular flexibility index (Phi) is 5.92. The molecule has 2 heterocycles. The number of nitrogens with zero attached hydrogens (tertiary/aromatic N) is 3. The van der Waals surface area contributed by atoms with Crippen LogP contribution in [0.5, 0.6) is 0 Å². The number of nitrogens with one attached hydrogen (secondary N) is 1. The molecule has 2 amide bonds. The maximum absolute atomic E-state index is 12.9. The molecule has 1 aliphatic heterocycles. The zero-order valence-electron chi connectivity index (χ0n) is 16.6. The number of halogens is 3. The van der Waals surface area contributed by atoms with Gasteiger partial charge in [0.2, 0.25) is 11.7 Å². The molecule has 1 saturated heterocycles. The second-order valence-corrected chi connectivity index (χ2v) is 7.46. The number of aryl methyl sites for hydroxylation is 1. The summed E-state index contributed by atoms with van der Waals surface area (Å²) in [5, 5.41) is 6.69. The van der Waals surface area contributed by atoms with E-state index >= 15 is 0 Å². The van der Waals surface area contributed by atoms with Gasteiger partial charge in [-0.2, -0.15) is 18.2 Å². The molecule has 3 aromatic rings. The molecular formula is C22H21F3N4O2. The predicted octanol–water partition coefficient (Wildman–Crippen LogP) is 4.50. The summed E-state index contributed by atoms with van der Waals surface area (Å²) < 4.78 is 43.9. The van der Waals surface area contributed by atoms with Crippen molar-refractivity contribution in [2.24, 2.45) is 0 Å². The highest BCUT2D eigenvalue weighted by atomic mass is 19.4. The molecule has 4 rings (SSSR count). The lowest BCUT2D eigenvalue weighted by atomic mass is 10.0. The molecule has 0 aliphatic carbocycles. The first-order valence-corrected chi connectivity index (χ1v) is 9.98.